The van der Waals surface area contributed by atoms with Gasteiger partial charge in [-0.15, -0.1) is 5.10 Å². The number of unbranched alkanes of at least 4 members (excludes halogenated alkanes) is 2. The largest absolute Gasteiger partial charge is 0.253 e. The van der Waals surface area contributed by atoms with Crippen LogP contribution in [0.5, 0.6) is 0 Å². The fourth-order valence-corrected chi connectivity index (χ4v) is 1.58. The molecular formula is C13H16N4. The van der Waals surface area contributed by atoms with E-state index in [0.717, 1.165) is 24.2 Å². The van der Waals surface area contributed by atoms with Crippen LogP contribution in [0.25, 0.3) is 11.5 Å². The molecule has 0 spiro atoms. The van der Waals surface area contributed by atoms with Crippen molar-refractivity contribution in [3.8, 4) is 11.5 Å². The van der Waals surface area contributed by atoms with E-state index in [2.05, 4.69) is 27.1 Å². The number of aryl methyl sites for hydroxylation is 1. The molecule has 0 saturated heterocycles. The molecule has 0 bridgehead atoms. The van der Waals surface area contributed by atoms with Crippen LogP contribution in [0.3, 0.4) is 0 Å². The predicted octanol–water partition coefficient (Wildman–Crippen LogP) is 2.67. The summed E-state index contributed by atoms with van der Waals surface area (Å²) in [5, 5.41) is 8.28. The second-order valence-corrected chi connectivity index (χ2v) is 3.95. The van der Waals surface area contributed by atoms with E-state index in [0.29, 0.717) is 5.82 Å². The van der Waals surface area contributed by atoms with Crippen molar-refractivity contribution in [2.45, 2.75) is 32.6 Å². The number of hydrogen-bond acceptors (Lipinski definition) is 4. The van der Waals surface area contributed by atoms with E-state index < -0.39 is 0 Å². The van der Waals surface area contributed by atoms with Crippen molar-refractivity contribution in [2.24, 2.45) is 0 Å². The molecule has 0 aliphatic rings. The van der Waals surface area contributed by atoms with Gasteiger partial charge in [0.1, 0.15) is 5.69 Å². The van der Waals surface area contributed by atoms with Gasteiger partial charge < -0.3 is 0 Å². The van der Waals surface area contributed by atoms with Crippen LogP contribution in [0.15, 0.2) is 30.6 Å². The second kappa shape index (κ2) is 6.03. The van der Waals surface area contributed by atoms with Gasteiger partial charge in [0, 0.05) is 6.20 Å². The molecule has 0 aromatic carbocycles. The summed E-state index contributed by atoms with van der Waals surface area (Å²) in [4.78, 5) is 8.48. The Morgan fingerprint density at radius 2 is 2.00 bits per heavy atom. The standard InChI is InChI=1S/C13H16N4/c1-2-3-4-7-11-10-15-13(17-16-11)12-8-5-6-9-14-12/h5-6,8-10H,2-4,7H2,1H3. The van der Waals surface area contributed by atoms with E-state index in [1.54, 1.807) is 12.4 Å². The molecule has 2 rings (SSSR count). The third-order valence-electron chi connectivity index (χ3n) is 2.54. The maximum Gasteiger partial charge on any atom is 0.200 e. The van der Waals surface area contributed by atoms with Gasteiger partial charge in [-0.2, -0.15) is 5.10 Å². The SMILES string of the molecule is CCCCCc1cnc(-c2ccccn2)nn1. The third kappa shape index (κ3) is 3.31. The summed E-state index contributed by atoms with van der Waals surface area (Å²) in [6.45, 7) is 2.19. The highest BCUT2D eigenvalue weighted by molar-refractivity contribution is 5.46. The van der Waals surface area contributed by atoms with Crippen molar-refractivity contribution in [1.29, 1.82) is 0 Å². The number of pyridine rings is 1. The van der Waals surface area contributed by atoms with E-state index in [1.165, 1.54) is 12.8 Å². The normalized spacial score (nSPS) is 10.4. The second-order valence-electron chi connectivity index (χ2n) is 3.95. The molecule has 2 aromatic rings. The first-order valence-corrected chi connectivity index (χ1v) is 6.00. The Kier molecular flexibility index (Phi) is 4.13. The summed E-state index contributed by atoms with van der Waals surface area (Å²) in [5.41, 5.74) is 1.72. The monoisotopic (exact) mass is 228 g/mol. The number of nitrogens with zero attached hydrogens (tertiary/aromatic N) is 4. The molecule has 4 nitrogen and oxygen atoms in total. The van der Waals surface area contributed by atoms with Gasteiger partial charge in [-0.05, 0) is 25.0 Å². The van der Waals surface area contributed by atoms with Crippen LogP contribution in [0.1, 0.15) is 31.9 Å². The Balaban J connectivity index is 2.03. The van der Waals surface area contributed by atoms with Crippen LogP contribution in [-0.2, 0) is 6.42 Å². The highest BCUT2D eigenvalue weighted by atomic mass is 15.2. The summed E-state index contributed by atoms with van der Waals surface area (Å²) in [6, 6.07) is 5.67. The highest BCUT2D eigenvalue weighted by Gasteiger charge is 2.03. The van der Waals surface area contributed by atoms with Gasteiger partial charge in [0.2, 0.25) is 0 Å². The summed E-state index contributed by atoms with van der Waals surface area (Å²) >= 11 is 0. The molecule has 0 aliphatic carbocycles. The molecule has 0 radical (unpaired) electrons. The van der Waals surface area contributed by atoms with Crippen molar-refractivity contribution in [1.82, 2.24) is 20.2 Å². The molecule has 2 heterocycles. The van der Waals surface area contributed by atoms with Crippen LogP contribution in [0, 0.1) is 0 Å². The Bertz CT molecular complexity index is 439. The Labute approximate surface area is 101 Å². The first kappa shape index (κ1) is 11.6. The van der Waals surface area contributed by atoms with Crippen molar-refractivity contribution in [2.75, 3.05) is 0 Å². The van der Waals surface area contributed by atoms with E-state index in [1.807, 2.05) is 18.2 Å². The third-order valence-corrected chi connectivity index (χ3v) is 2.54. The molecule has 17 heavy (non-hydrogen) atoms. The zero-order valence-corrected chi connectivity index (χ0v) is 10.0. The average Bonchev–Trinajstić information content (AvgIpc) is 2.41. The summed E-state index contributed by atoms with van der Waals surface area (Å²) in [7, 11) is 0. The van der Waals surface area contributed by atoms with Crippen LogP contribution in [-0.4, -0.2) is 20.2 Å². The Morgan fingerprint density at radius 1 is 1.06 bits per heavy atom. The quantitative estimate of drug-likeness (QED) is 0.738. The molecule has 0 unspecified atom stereocenters. The topological polar surface area (TPSA) is 51.6 Å². The van der Waals surface area contributed by atoms with Crippen LogP contribution < -0.4 is 0 Å². The Morgan fingerprint density at radius 3 is 2.65 bits per heavy atom. The zero-order chi connectivity index (χ0) is 11.9. The average molecular weight is 228 g/mol. The molecule has 0 aliphatic heterocycles. The van der Waals surface area contributed by atoms with Crippen molar-refractivity contribution < 1.29 is 0 Å². The maximum atomic E-state index is 4.29. The molecule has 0 atom stereocenters. The lowest BCUT2D eigenvalue weighted by molar-refractivity contribution is 0.695. The van der Waals surface area contributed by atoms with Gasteiger partial charge in [0.15, 0.2) is 5.82 Å². The molecule has 2 aromatic heterocycles. The molecule has 0 fully saturated rings. The van der Waals surface area contributed by atoms with Crippen LogP contribution in [0.2, 0.25) is 0 Å². The number of aromatic nitrogens is 4. The van der Waals surface area contributed by atoms with E-state index in [-0.39, 0.29) is 0 Å². The summed E-state index contributed by atoms with van der Waals surface area (Å²) in [6.07, 6.45) is 8.07. The smallest absolute Gasteiger partial charge is 0.200 e. The molecule has 0 saturated carbocycles. The minimum Gasteiger partial charge on any atom is -0.253 e. The number of hydrogen-bond donors (Lipinski definition) is 0. The number of rotatable bonds is 5. The summed E-state index contributed by atoms with van der Waals surface area (Å²) < 4.78 is 0. The van der Waals surface area contributed by atoms with Crippen molar-refractivity contribution in [3.63, 3.8) is 0 Å². The fraction of sp³-hybridized carbons (Fsp3) is 0.385. The van der Waals surface area contributed by atoms with E-state index in [9.17, 15) is 0 Å². The summed E-state index contributed by atoms with van der Waals surface area (Å²) in [5.74, 6) is 0.588. The van der Waals surface area contributed by atoms with E-state index >= 15 is 0 Å². The maximum absolute atomic E-state index is 4.29. The molecular weight excluding hydrogens is 212 g/mol. The van der Waals surface area contributed by atoms with E-state index in [4.69, 9.17) is 0 Å². The van der Waals surface area contributed by atoms with Gasteiger partial charge in [-0.25, -0.2) is 4.98 Å². The minimum atomic E-state index is 0.588. The lowest BCUT2D eigenvalue weighted by Crippen LogP contribution is -1.99. The van der Waals surface area contributed by atoms with Gasteiger partial charge in [-0.1, -0.05) is 25.8 Å². The zero-order valence-electron chi connectivity index (χ0n) is 10.0. The highest BCUT2D eigenvalue weighted by Crippen LogP contribution is 2.09. The molecule has 4 heteroatoms. The van der Waals surface area contributed by atoms with Gasteiger partial charge in [0.25, 0.3) is 0 Å². The first-order valence-electron chi connectivity index (χ1n) is 6.00. The molecule has 0 N–H and O–H groups in total. The molecule has 88 valence electrons. The lowest BCUT2D eigenvalue weighted by Gasteiger charge is -2.00. The van der Waals surface area contributed by atoms with Crippen molar-refractivity contribution in [3.05, 3.63) is 36.3 Å². The van der Waals surface area contributed by atoms with Gasteiger partial charge >= 0.3 is 0 Å². The fourth-order valence-electron chi connectivity index (χ4n) is 1.58. The lowest BCUT2D eigenvalue weighted by atomic mass is 10.2. The predicted molar refractivity (Wildman–Crippen MR) is 66.3 cm³/mol. The van der Waals surface area contributed by atoms with Crippen molar-refractivity contribution >= 4 is 0 Å². The minimum absolute atomic E-state index is 0.588. The van der Waals surface area contributed by atoms with Crippen LogP contribution in [0.4, 0.5) is 0 Å². The van der Waals surface area contributed by atoms with Gasteiger partial charge in [0.05, 0.1) is 11.9 Å². The molecule has 0 amide bonds. The van der Waals surface area contributed by atoms with Crippen LogP contribution >= 0.6 is 0 Å². The van der Waals surface area contributed by atoms with Gasteiger partial charge in [-0.3, -0.25) is 4.98 Å². The Hall–Kier alpha value is -1.84. The first-order chi connectivity index (χ1) is 8.40.